The van der Waals surface area contributed by atoms with Gasteiger partial charge in [0.15, 0.2) is 5.82 Å². The van der Waals surface area contributed by atoms with E-state index in [1.165, 1.54) is 16.8 Å². The molecule has 7 nitrogen and oxygen atoms in total. The molecule has 1 atom stereocenters. The van der Waals surface area contributed by atoms with Gasteiger partial charge in [0.1, 0.15) is 11.9 Å². The van der Waals surface area contributed by atoms with Gasteiger partial charge in [-0.3, -0.25) is 14.9 Å². The molecule has 2 aromatic rings. The van der Waals surface area contributed by atoms with E-state index in [1.807, 2.05) is 6.92 Å². The summed E-state index contributed by atoms with van der Waals surface area (Å²) in [5.41, 5.74) is 0.355. The van der Waals surface area contributed by atoms with Crippen molar-refractivity contribution in [2.24, 2.45) is 0 Å². The Labute approximate surface area is 135 Å². The van der Waals surface area contributed by atoms with Crippen molar-refractivity contribution in [1.29, 1.82) is 0 Å². The molecule has 2 amide bonds. The van der Waals surface area contributed by atoms with Gasteiger partial charge in [-0.1, -0.05) is 18.5 Å². The maximum atomic E-state index is 13.1. The van der Waals surface area contributed by atoms with Gasteiger partial charge >= 0.3 is 0 Å². The molecule has 0 aliphatic carbocycles. The van der Waals surface area contributed by atoms with Crippen molar-refractivity contribution in [3.05, 3.63) is 34.9 Å². The largest absolute Gasteiger partial charge is 0.326 e. The Morgan fingerprint density at radius 3 is 3.00 bits per heavy atom. The van der Waals surface area contributed by atoms with Gasteiger partial charge in [-0.15, -0.1) is 0 Å². The van der Waals surface area contributed by atoms with E-state index in [-0.39, 0.29) is 17.4 Å². The number of carbonyl (C=O) groups excluding carboxylic acids is 2. The molecule has 1 unspecified atom stereocenters. The number of hydrogen-bond donors (Lipinski definition) is 2. The lowest BCUT2D eigenvalue weighted by Crippen LogP contribution is -2.24. The van der Waals surface area contributed by atoms with Gasteiger partial charge in [-0.2, -0.15) is 10.1 Å². The fraction of sp³-hybridized carbons (Fsp3) is 0.286. The summed E-state index contributed by atoms with van der Waals surface area (Å²) >= 11 is 5.66. The summed E-state index contributed by atoms with van der Waals surface area (Å²) in [6, 6.07) is 3.10. The van der Waals surface area contributed by atoms with Crippen molar-refractivity contribution >= 4 is 35.1 Å². The highest BCUT2D eigenvalue weighted by Gasteiger charge is 2.34. The molecule has 0 spiro atoms. The van der Waals surface area contributed by atoms with Gasteiger partial charge in [-0.05, 0) is 18.2 Å². The Balaban J connectivity index is 1.71. The molecule has 1 aromatic heterocycles. The van der Waals surface area contributed by atoms with Gasteiger partial charge in [0.05, 0.1) is 11.4 Å². The normalized spacial score (nSPS) is 16.1. The lowest BCUT2D eigenvalue weighted by Gasteiger charge is -2.10. The summed E-state index contributed by atoms with van der Waals surface area (Å²) in [6.07, 6.45) is 0.517. The second-order valence-electron chi connectivity index (χ2n) is 5.04. The standard InChI is InChI=1S/C14H13ClFN5O2/c1-2-11-18-14-19-13(23)10(21(14)20-11)6-12(22)17-7-3-4-9(16)8(15)5-7/h3-5,10H,2,6H2,1H3,(H,17,22)(H,18,19,20,23). The molecule has 1 aliphatic heterocycles. The van der Waals surface area contributed by atoms with Crippen molar-refractivity contribution in [2.75, 3.05) is 10.6 Å². The number of halogens is 2. The van der Waals surface area contributed by atoms with Gasteiger partial charge in [0.25, 0.3) is 5.91 Å². The lowest BCUT2D eigenvalue weighted by molar-refractivity contribution is -0.123. The topological polar surface area (TPSA) is 88.9 Å². The van der Waals surface area contributed by atoms with E-state index in [9.17, 15) is 14.0 Å². The number of nitrogens with zero attached hydrogens (tertiary/aromatic N) is 3. The predicted octanol–water partition coefficient (Wildman–Crippen LogP) is 2.15. The number of rotatable bonds is 4. The van der Waals surface area contributed by atoms with Crippen molar-refractivity contribution in [3.8, 4) is 0 Å². The zero-order chi connectivity index (χ0) is 16.6. The van der Waals surface area contributed by atoms with Crippen LogP contribution in [-0.2, 0) is 16.0 Å². The average Bonchev–Trinajstić information content (AvgIpc) is 3.02. The van der Waals surface area contributed by atoms with Crippen LogP contribution in [0.25, 0.3) is 0 Å². The zero-order valence-corrected chi connectivity index (χ0v) is 12.9. The molecule has 0 saturated carbocycles. The molecule has 2 N–H and O–H groups in total. The highest BCUT2D eigenvalue weighted by Crippen LogP contribution is 2.26. The Hall–Kier alpha value is -2.48. The smallest absolute Gasteiger partial charge is 0.252 e. The van der Waals surface area contributed by atoms with Crippen LogP contribution in [0, 0.1) is 5.82 Å². The number of aromatic nitrogens is 3. The van der Waals surface area contributed by atoms with E-state index >= 15 is 0 Å². The first kappa shape index (κ1) is 15.4. The SMILES string of the molecule is CCc1nc2n(n1)C(CC(=O)Nc1ccc(F)c(Cl)c1)C(=O)N2. The Bertz CT molecular complexity index is 791. The van der Waals surface area contributed by atoms with Crippen LogP contribution in [-0.4, -0.2) is 26.6 Å². The third-order valence-corrected chi connectivity index (χ3v) is 3.70. The molecule has 0 fully saturated rings. The van der Waals surface area contributed by atoms with Gasteiger partial charge in [0.2, 0.25) is 11.9 Å². The maximum absolute atomic E-state index is 13.1. The molecular formula is C14H13ClFN5O2. The van der Waals surface area contributed by atoms with Crippen molar-refractivity contribution in [2.45, 2.75) is 25.8 Å². The fourth-order valence-corrected chi connectivity index (χ4v) is 2.45. The van der Waals surface area contributed by atoms with Gasteiger partial charge in [0, 0.05) is 12.1 Å². The third kappa shape index (κ3) is 3.02. The molecule has 0 radical (unpaired) electrons. The molecule has 0 saturated heterocycles. The van der Waals surface area contributed by atoms with Crippen molar-refractivity contribution in [1.82, 2.24) is 14.8 Å². The maximum Gasteiger partial charge on any atom is 0.252 e. The summed E-state index contributed by atoms with van der Waals surface area (Å²) in [6.45, 7) is 1.90. The monoisotopic (exact) mass is 337 g/mol. The molecule has 120 valence electrons. The van der Waals surface area contributed by atoms with Crippen LogP contribution in [0.4, 0.5) is 16.0 Å². The molecule has 1 aromatic carbocycles. The first-order valence-corrected chi connectivity index (χ1v) is 7.37. The van der Waals surface area contributed by atoms with Crippen LogP contribution in [0.3, 0.4) is 0 Å². The predicted molar refractivity (Wildman–Crippen MR) is 81.7 cm³/mol. The second-order valence-corrected chi connectivity index (χ2v) is 5.44. The highest BCUT2D eigenvalue weighted by molar-refractivity contribution is 6.31. The van der Waals surface area contributed by atoms with Crippen LogP contribution in [0.2, 0.25) is 5.02 Å². The molecule has 2 heterocycles. The number of amides is 2. The van der Waals surface area contributed by atoms with Crippen molar-refractivity contribution in [3.63, 3.8) is 0 Å². The number of nitrogens with one attached hydrogen (secondary N) is 2. The Morgan fingerprint density at radius 2 is 2.30 bits per heavy atom. The van der Waals surface area contributed by atoms with Gasteiger partial charge in [-0.25, -0.2) is 9.07 Å². The van der Waals surface area contributed by atoms with E-state index in [2.05, 4.69) is 20.7 Å². The van der Waals surface area contributed by atoms with Gasteiger partial charge < -0.3 is 5.32 Å². The summed E-state index contributed by atoms with van der Waals surface area (Å²) in [5.74, 6) is -0.381. The first-order valence-electron chi connectivity index (χ1n) is 6.99. The van der Waals surface area contributed by atoms with Crippen LogP contribution in [0.1, 0.15) is 25.2 Å². The number of carbonyl (C=O) groups is 2. The Morgan fingerprint density at radius 1 is 1.52 bits per heavy atom. The van der Waals surface area contributed by atoms with Crippen LogP contribution >= 0.6 is 11.6 Å². The highest BCUT2D eigenvalue weighted by atomic mass is 35.5. The molecule has 3 rings (SSSR count). The van der Waals surface area contributed by atoms with E-state index in [1.54, 1.807) is 0 Å². The number of anilines is 2. The quantitative estimate of drug-likeness (QED) is 0.894. The minimum atomic E-state index is -0.756. The van der Waals surface area contributed by atoms with Crippen LogP contribution in [0.15, 0.2) is 18.2 Å². The number of benzene rings is 1. The summed E-state index contributed by atoms with van der Waals surface area (Å²) in [7, 11) is 0. The molecular weight excluding hydrogens is 325 g/mol. The zero-order valence-electron chi connectivity index (χ0n) is 12.1. The molecule has 1 aliphatic rings. The number of fused-ring (bicyclic) bond motifs is 1. The Kier molecular flexibility index (Phi) is 3.99. The lowest BCUT2D eigenvalue weighted by atomic mass is 10.2. The van der Waals surface area contributed by atoms with E-state index in [4.69, 9.17) is 11.6 Å². The van der Waals surface area contributed by atoms with Crippen molar-refractivity contribution < 1.29 is 14.0 Å². The van der Waals surface area contributed by atoms with E-state index < -0.39 is 17.8 Å². The fourth-order valence-electron chi connectivity index (χ4n) is 2.27. The van der Waals surface area contributed by atoms with E-state index in [0.717, 1.165) is 6.07 Å². The third-order valence-electron chi connectivity index (χ3n) is 3.41. The minimum absolute atomic E-state index is 0.0902. The summed E-state index contributed by atoms with van der Waals surface area (Å²) < 4.78 is 14.5. The summed E-state index contributed by atoms with van der Waals surface area (Å²) in [4.78, 5) is 28.2. The second kappa shape index (κ2) is 5.96. The average molecular weight is 338 g/mol. The minimum Gasteiger partial charge on any atom is -0.326 e. The molecule has 23 heavy (non-hydrogen) atoms. The number of aryl methyl sites for hydroxylation is 1. The van der Waals surface area contributed by atoms with Crippen LogP contribution in [0.5, 0.6) is 0 Å². The van der Waals surface area contributed by atoms with Crippen LogP contribution < -0.4 is 10.6 Å². The first-order chi connectivity index (χ1) is 11.0. The number of hydrogen-bond acceptors (Lipinski definition) is 4. The molecule has 9 heteroatoms. The summed E-state index contributed by atoms with van der Waals surface area (Å²) in [5, 5.41) is 9.27. The molecule has 0 bridgehead atoms. The van der Waals surface area contributed by atoms with E-state index in [0.29, 0.717) is 23.9 Å².